The van der Waals surface area contributed by atoms with Crippen molar-refractivity contribution < 1.29 is 9.53 Å². The number of ether oxygens (including phenoxy) is 1. The van der Waals surface area contributed by atoms with Crippen LogP contribution in [-0.4, -0.2) is 42.7 Å². The minimum atomic E-state index is -0.481. The van der Waals surface area contributed by atoms with Crippen LogP contribution in [0.2, 0.25) is 0 Å². The predicted octanol–water partition coefficient (Wildman–Crippen LogP) is 0.675. The molecule has 0 amide bonds. The van der Waals surface area contributed by atoms with E-state index in [1.54, 1.807) is 6.20 Å². The molecule has 0 aliphatic rings. The van der Waals surface area contributed by atoms with Gasteiger partial charge in [-0.2, -0.15) is 0 Å². The Labute approximate surface area is 101 Å². The summed E-state index contributed by atoms with van der Waals surface area (Å²) in [7, 11) is 1.32. The maximum Gasteiger partial charge on any atom is 0.358 e. The Kier molecular flexibility index (Phi) is 5.95. The number of rotatable bonds is 7. The topological polar surface area (TPSA) is 76.1 Å². The van der Waals surface area contributed by atoms with E-state index in [9.17, 15) is 4.79 Å². The van der Waals surface area contributed by atoms with Gasteiger partial charge in [0.2, 0.25) is 0 Å². The summed E-state index contributed by atoms with van der Waals surface area (Å²) < 4.78 is 4.57. The summed E-state index contributed by atoms with van der Waals surface area (Å²) in [5.41, 5.74) is 0.207. The molecule has 0 atom stereocenters. The first-order valence-electron chi connectivity index (χ1n) is 5.63. The number of nitrogens with one attached hydrogen (secondary N) is 2. The summed E-state index contributed by atoms with van der Waals surface area (Å²) >= 11 is 0. The molecule has 1 heterocycles. The molecular weight excluding hydrogens is 220 g/mol. The minimum Gasteiger partial charge on any atom is -0.464 e. The van der Waals surface area contributed by atoms with Gasteiger partial charge < -0.3 is 15.4 Å². The smallest absolute Gasteiger partial charge is 0.358 e. The van der Waals surface area contributed by atoms with Gasteiger partial charge in [0.15, 0.2) is 5.69 Å². The number of hydrogen-bond donors (Lipinski definition) is 2. The Morgan fingerprint density at radius 2 is 2.18 bits per heavy atom. The molecule has 0 unspecified atom stereocenters. The monoisotopic (exact) mass is 238 g/mol. The fourth-order valence-electron chi connectivity index (χ4n) is 1.23. The highest BCUT2D eigenvalue weighted by atomic mass is 16.5. The van der Waals surface area contributed by atoms with Crippen LogP contribution < -0.4 is 10.6 Å². The van der Waals surface area contributed by atoms with Gasteiger partial charge in [0, 0.05) is 13.1 Å². The molecule has 0 spiro atoms. The summed E-state index contributed by atoms with van der Waals surface area (Å²) in [5, 5.41) is 6.33. The van der Waals surface area contributed by atoms with E-state index in [2.05, 4.69) is 32.3 Å². The molecule has 0 aliphatic heterocycles. The van der Waals surface area contributed by atoms with E-state index in [4.69, 9.17) is 0 Å². The molecule has 2 N–H and O–H groups in total. The highest BCUT2D eigenvalue weighted by molar-refractivity contribution is 5.87. The molecule has 0 aliphatic carbocycles. The van der Waals surface area contributed by atoms with E-state index in [0.717, 1.165) is 26.1 Å². The molecule has 1 aromatic heterocycles. The maximum absolute atomic E-state index is 11.2. The average Bonchev–Trinajstić information content (AvgIpc) is 2.38. The first-order valence-corrected chi connectivity index (χ1v) is 5.63. The quantitative estimate of drug-likeness (QED) is 0.537. The third-order valence-corrected chi connectivity index (χ3v) is 2.06. The number of anilines is 1. The number of carbonyl (C=O) groups excluding carboxylic acids is 1. The molecule has 0 bridgehead atoms. The largest absolute Gasteiger partial charge is 0.464 e. The third-order valence-electron chi connectivity index (χ3n) is 2.06. The Balaban J connectivity index is 2.40. The van der Waals surface area contributed by atoms with E-state index in [1.807, 2.05) is 0 Å². The van der Waals surface area contributed by atoms with Crippen LogP contribution in [0.15, 0.2) is 12.4 Å². The van der Waals surface area contributed by atoms with Gasteiger partial charge in [-0.1, -0.05) is 6.92 Å². The summed E-state index contributed by atoms with van der Waals surface area (Å²) in [6.07, 6.45) is 4.07. The van der Waals surface area contributed by atoms with Crippen molar-refractivity contribution in [1.82, 2.24) is 15.3 Å². The van der Waals surface area contributed by atoms with Gasteiger partial charge in [0.05, 0.1) is 19.5 Å². The number of carbonyl (C=O) groups is 1. The van der Waals surface area contributed by atoms with Crippen LogP contribution in [0, 0.1) is 0 Å². The molecule has 6 heteroatoms. The summed E-state index contributed by atoms with van der Waals surface area (Å²) in [6.45, 7) is 4.69. The lowest BCUT2D eigenvalue weighted by molar-refractivity contribution is 0.0593. The van der Waals surface area contributed by atoms with Crippen LogP contribution in [0.1, 0.15) is 23.8 Å². The van der Waals surface area contributed by atoms with Crippen LogP contribution in [0.3, 0.4) is 0 Å². The summed E-state index contributed by atoms with van der Waals surface area (Å²) in [5.74, 6) is 0.0939. The summed E-state index contributed by atoms with van der Waals surface area (Å²) in [6, 6.07) is 0. The van der Waals surface area contributed by atoms with Crippen molar-refractivity contribution in [2.75, 3.05) is 32.1 Å². The normalized spacial score (nSPS) is 10.0. The maximum atomic E-state index is 11.2. The molecule has 17 heavy (non-hydrogen) atoms. The second kappa shape index (κ2) is 7.56. The van der Waals surface area contributed by atoms with E-state index in [1.165, 1.54) is 13.3 Å². The standard InChI is InChI=1S/C11H18N4O2/c1-3-4-12-5-6-14-10-8-13-7-9(15-10)11(16)17-2/h7-8,12H,3-6H2,1-2H3,(H,14,15). The van der Waals surface area contributed by atoms with Gasteiger partial charge in [-0.15, -0.1) is 0 Å². The van der Waals surface area contributed by atoms with Crippen LogP contribution in [-0.2, 0) is 4.74 Å². The zero-order chi connectivity index (χ0) is 12.5. The minimum absolute atomic E-state index is 0.207. The van der Waals surface area contributed by atoms with E-state index in [-0.39, 0.29) is 5.69 Å². The highest BCUT2D eigenvalue weighted by Crippen LogP contribution is 2.02. The summed E-state index contributed by atoms with van der Waals surface area (Å²) in [4.78, 5) is 19.2. The van der Waals surface area contributed by atoms with E-state index < -0.39 is 5.97 Å². The van der Waals surface area contributed by atoms with Crippen molar-refractivity contribution in [3.8, 4) is 0 Å². The number of hydrogen-bond acceptors (Lipinski definition) is 6. The van der Waals surface area contributed by atoms with Crippen LogP contribution in [0.25, 0.3) is 0 Å². The zero-order valence-corrected chi connectivity index (χ0v) is 10.2. The highest BCUT2D eigenvalue weighted by Gasteiger charge is 2.07. The van der Waals surface area contributed by atoms with E-state index >= 15 is 0 Å². The van der Waals surface area contributed by atoms with Gasteiger partial charge >= 0.3 is 5.97 Å². The van der Waals surface area contributed by atoms with Gasteiger partial charge in [0.1, 0.15) is 5.82 Å². The lowest BCUT2D eigenvalue weighted by Gasteiger charge is -2.06. The molecule has 0 saturated heterocycles. The predicted molar refractivity (Wildman–Crippen MR) is 65.0 cm³/mol. The number of esters is 1. The molecule has 0 saturated carbocycles. The third kappa shape index (κ3) is 4.78. The van der Waals surface area contributed by atoms with Gasteiger partial charge in [0.25, 0.3) is 0 Å². The number of methoxy groups -OCH3 is 1. The fraction of sp³-hybridized carbons (Fsp3) is 0.545. The number of nitrogens with zero attached hydrogens (tertiary/aromatic N) is 2. The molecule has 0 radical (unpaired) electrons. The fourth-order valence-corrected chi connectivity index (χ4v) is 1.23. The van der Waals surface area contributed by atoms with Gasteiger partial charge in [-0.25, -0.2) is 9.78 Å². The van der Waals surface area contributed by atoms with Crippen LogP contribution in [0.5, 0.6) is 0 Å². The average molecular weight is 238 g/mol. The lowest BCUT2D eigenvalue weighted by Crippen LogP contribution is -2.23. The van der Waals surface area contributed by atoms with Crippen molar-refractivity contribution in [2.24, 2.45) is 0 Å². The molecule has 94 valence electrons. The molecule has 6 nitrogen and oxygen atoms in total. The zero-order valence-electron chi connectivity index (χ0n) is 10.2. The first-order chi connectivity index (χ1) is 8.27. The Hall–Kier alpha value is -1.69. The molecule has 1 aromatic rings. The van der Waals surface area contributed by atoms with Gasteiger partial charge in [-0.3, -0.25) is 4.98 Å². The van der Waals surface area contributed by atoms with Crippen LogP contribution >= 0.6 is 0 Å². The second-order valence-electron chi connectivity index (χ2n) is 3.46. The van der Waals surface area contributed by atoms with Crippen molar-refractivity contribution in [2.45, 2.75) is 13.3 Å². The Morgan fingerprint density at radius 3 is 2.88 bits per heavy atom. The Morgan fingerprint density at radius 1 is 1.35 bits per heavy atom. The van der Waals surface area contributed by atoms with Gasteiger partial charge in [-0.05, 0) is 13.0 Å². The molecule has 1 rings (SSSR count). The van der Waals surface area contributed by atoms with Crippen LogP contribution in [0.4, 0.5) is 5.82 Å². The van der Waals surface area contributed by atoms with Crippen molar-refractivity contribution in [3.05, 3.63) is 18.1 Å². The molecule has 0 fully saturated rings. The number of aromatic nitrogens is 2. The Bertz CT molecular complexity index is 357. The first kappa shape index (κ1) is 13.4. The van der Waals surface area contributed by atoms with Crippen molar-refractivity contribution >= 4 is 11.8 Å². The molecular formula is C11H18N4O2. The van der Waals surface area contributed by atoms with E-state index in [0.29, 0.717) is 5.82 Å². The lowest BCUT2D eigenvalue weighted by atomic mass is 10.4. The SMILES string of the molecule is CCCNCCNc1cncc(C(=O)OC)n1. The second-order valence-corrected chi connectivity index (χ2v) is 3.46. The van der Waals surface area contributed by atoms with Crippen molar-refractivity contribution in [3.63, 3.8) is 0 Å². The van der Waals surface area contributed by atoms with Crippen molar-refractivity contribution in [1.29, 1.82) is 0 Å². The molecule has 0 aromatic carbocycles.